The lowest BCUT2D eigenvalue weighted by molar-refractivity contribution is -0.127. The molecule has 0 fully saturated rings. The predicted molar refractivity (Wildman–Crippen MR) is 132 cm³/mol. The molecule has 2 aromatic carbocycles. The van der Waals surface area contributed by atoms with Crippen molar-refractivity contribution >= 4 is 29.1 Å². The number of amides is 1. The monoisotopic (exact) mass is 475 g/mol. The molecule has 0 saturated heterocycles. The van der Waals surface area contributed by atoms with Crippen molar-refractivity contribution in [2.24, 2.45) is 0 Å². The van der Waals surface area contributed by atoms with E-state index in [-0.39, 0.29) is 24.3 Å². The Kier molecular flexibility index (Phi) is 6.56. The van der Waals surface area contributed by atoms with Gasteiger partial charge >= 0.3 is 0 Å². The molecule has 0 aliphatic heterocycles. The van der Waals surface area contributed by atoms with Gasteiger partial charge in [-0.1, -0.05) is 24.6 Å². The van der Waals surface area contributed by atoms with Crippen molar-refractivity contribution in [1.82, 2.24) is 14.9 Å². The molecule has 1 amide bonds. The average Bonchev–Trinajstić information content (AvgIpc) is 3.17. The third kappa shape index (κ3) is 4.60. The molecule has 0 spiro atoms. The van der Waals surface area contributed by atoms with Crippen LogP contribution in [0.5, 0.6) is 0 Å². The van der Waals surface area contributed by atoms with Gasteiger partial charge in [0, 0.05) is 42.0 Å². The highest BCUT2D eigenvalue weighted by atomic mass is 35.5. The van der Waals surface area contributed by atoms with Crippen molar-refractivity contribution in [3.05, 3.63) is 69.9 Å². The molecule has 4 rings (SSSR count). The molecule has 0 radical (unpaired) electrons. The fourth-order valence-corrected chi connectivity index (χ4v) is 4.44. The van der Waals surface area contributed by atoms with Crippen molar-refractivity contribution < 1.29 is 9.90 Å². The van der Waals surface area contributed by atoms with Gasteiger partial charge in [0.2, 0.25) is 11.9 Å². The lowest BCUT2D eigenvalue weighted by Crippen LogP contribution is -2.23. The molecule has 1 aliphatic carbocycles. The number of aliphatic hydroxyl groups is 1. The zero-order chi connectivity index (χ0) is 24.5. The summed E-state index contributed by atoms with van der Waals surface area (Å²) in [6.07, 6.45) is 3.43. The van der Waals surface area contributed by atoms with Gasteiger partial charge in [-0.15, -0.1) is 0 Å². The summed E-state index contributed by atoms with van der Waals surface area (Å²) < 4.78 is 0. The van der Waals surface area contributed by atoms with Gasteiger partial charge in [0.05, 0.1) is 30.4 Å². The van der Waals surface area contributed by atoms with Crippen LogP contribution in [-0.2, 0) is 23.1 Å². The summed E-state index contributed by atoms with van der Waals surface area (Å²) in [5, 5.41) is 23.4. The molecule has 8 heteroatoms. The van der Waals surface area contributed by atoms with E-state index in [4.69, 9.17) is 11.6 Å². The molecule has 7 nitrogen and oxygen atoms in total. The molecule has 174 valence electrons. The Bertz CT molecular complexity index is 1300. The van der Waals surface area contributed by atoms with Crippen LogP contribution in [0.2, 0.25) is 5.02 Å². The minimum Gasteiger partial charge on any atom is -0.395 e. The number of benzene rings is 2. The lowest BCUT2D eigenvalue weighted by Gasteiger charge is -2.23. The topological polar surface area (TPSA) is 102 Å². The van der Waals surface area contributed by atoms with Gasteiger partial charge in [0.15, 0.2) is 0 Å². The Hall–Kier alpha value is -3.47. The molecule has 1 atom stereocenters. The lowest BCUT2D eigenvalue weighted by atomic mass is 9.83. The number of halogens is 1. The summed E-state index contributed by atoms with van der Waals surface area (Å²) in [5.41, 5.74) is 5.10. The van der Waals surface area contributed by atoms with Gasteiger partial charge in [-0.2, -0.15) is 5.26 Å². The maximum Gasteiger partial charge on any atom is 0.227 e. The quantitative estimate of drug-likeness (QED) is 0.552. The second-order valence-electron chi connectivity index (χ2n) is 9.04. The summed E-state index contributed by atoms with van der Waals surface area (Å²) in [4.78, 5) is 22.8. The number of hydrogen-bond acceptors (Lipinski definition) is 6. The van der Waals surface area contributed by atoms with E-state index in [1.165, 1.54) is 4.90 Å². The van der Waals surface area contributed by atoms with Crippen LogP contribution < -0.4 is 5.32 Å². The van der Waals surface area contributed by atoms with E-state index in [2.05, 4.69) is 21.4 Å². The molecule has 1 heterocycles. The van der Waals surface area contributed by atoms with Crippen LogP contribution in [0.3, 0.4) is 0 Å². The number of fused-ring (bicyclic) bond motifs is 1. The van der Waals surface area contributed by atoms with Crippen LogP contribution in [0, 0.1) is 11.3 Å². The standard InChI is InChI=1S/C26H26ClN5O2/c1-26(15-33)8-6-20-18(14-28)10-17(11-21(20)26)22-7-9-29-25(30-22)31-23-13-19(27)5-4-16(23)12-24(34)32(2)3/h4-5,7,9-11,13,33H,6,8,12,15H2,1-3H3,(H,29,30,31). The molecule has 34 heavy (non-hydrogen) atoms. The highest BCUT2D eigenvalue weighted by Crippen LogP contribution is 2.42. The predicted octanol–water partition coefficient (Wildman–Crippen LogP) is 4.24. The van der Waals surface area contributed by atoms with Crippen LogP contribution in [0.4, 0.5) is 11.6 Å². The second kappa shape index (κ2) is 9.41. The van der Waals surface area contributed by atoms with Crippen LogP contribution >= 0.6 is 11.6 Å². The number of likely N-dealkylation sites (N-methyl/N-ethyl adjacent to an activating group) is 1. The van der Waals surface area contributed by atoms with Gasteiger partial charge in [-0.25, -0.2) is 9.97 Å². The SMILES string of the molecule is CN(C)C(=O)Cc1ccc(Cl)cc1Nc1nccc(-c2cc(C#N)c3c(c2)C(C)(CO)CC3)n1. The molecule has 0 saturated carbocycles. The largest absolute Gasteiger partial charge is 0.395 e. The molecule has 3 aromatic rings. The highest BCUT2D eigenvalue weighted by molar-refractivity contribution is 6.30. The first-order valence-electron chi connectivity index (χ1n) is 11.0. The second-order valence-corrected chi connectivity index (χ2v) is 9.47. The third-order valence-corrected chi connectivity index (χ3v) is 6.64. The first-order valence-corrected chi connectivity index (χ1v) is 11.4. The summed E-state index contributed by atoms with van der Waals surface area (Å²) in [6, 6.07) is 13.2. The molecular weight excluding hydrogens is 450 g/mol. The van der Waals surface area contributed by atoms with E-state index in [1.54, 1.807) is 38.5 Å². The number of rotatable bonds is 6. The Morgan fingerprint density at radius 3 is 2.79 bits per heavy atom. The maximum absolute atomic E-state index is 12.3. The zero-order valence-electron chi connectivity index (χ0n) is 19.4. The number of nitrogens with zero attached hydrogens (tertiary/aromatic N) is 4. The van der Waals surface area contributed by atoms with Crippen molar-refractivity contribution in [3.8, 4) is 17.3 Å². The number of carbonyl (C=O) groups is 1. The molecule has 1 aliphatic rings. The number of nitrogens with one attached hydrogen (secondary N) is 1. The van der Waals surface area contributed by atoms with Gasteiger partial charge in [0.25, 0.3) is 0 Å². The van der Waals surface area contributed by atoms with Crippen LogP contribution in [-0.4, -0.2) is 46.6 Å². The molecule has 1 unspecified atom stereocenters. The Morgan fingerprint density at radius 1 is 1.29 bits per heavy atom. The fourth-order valence-electron chi connectivity index (χ4n) is 4.27. The number of carbonyl (C=O) groups excluding carboxylic acids is 1. The first kappa shape index (κ1) is 23.7. The number of anilines is 2. The normalized spacial score (nSPS) is 16.6. The molecule has 0 bridgehead atoms. The molecule has 1 aromatic heterocycles. The minimum atomic E-state index is -0.375. The van der Waals surface area contributed by atoms with Crippen LogP contribution in [0.25, 0.3) is 11.3 Å². The minimum absolute atomic E-state index is 0.0219. The van der Waals surface area contributed by atoms with Crippen LogP contribution in [0.1, 0.15) is 35.6 Å². The number of nitriles is 1. The Balaban J connectivity index is 1.70. The molecular formula is C26H26ClN5O2. The van der Waals surface area contributed by atoms with E-state index in [9.17, 15) is 15.2 Å². The highest BCUT2D eigenvalue weighted by Gasteiger charge is 2.35. The average molecular weight is 476 g/mol. The van der Waals surface area contributed by atoms with Gasteiger partial charge in [-0.3, -0.25) is 4.79 Å². The van der Waals surface area contributed by atoms with Gasteiger partial charge in [0.1, 0.15) is 0 Å². The van der Waals surface area contributed by atoms with E-state index in [1.807, 2.05) is 25.1 Å². The van der Waals surface area contributed by atoms with Crippen LogP contribution in [0.15, 0.2) is 42.6 Å². The van der Waals surface area contributed by atoms with E-state index in [0.29, 0.717) is 27.9 Å². The van der Waals surface area contributed by atoms with Crippen molar-refractivity contribution in [1.29, 1.82) is 5.26 Å². The van der Waals surface area contributed by atoms with Crippen molar-refractivity contribution in [2.75, 3.05) is 26.0 Å². The summed E-state index contributed by atoms with van der Waals surface area (Å²) in [6.45, 7) is 2.04. The first-order chi connectivity index (χ1) is 16.2. The summed E-state index contributed by atoms with van der Waals surface area (Å²) in [7, 11) is 3.43. The fraction of sp³-hybridized carbons (Fsp3) is 0.308. The van der Waals surface area contributed by atoms with Crippen molar-refractivity contribution in [2.45, 2.75) is 31.6 Å². The maximum atomic E-state index is 12.3. The number of hydrogen-bond donors (Lipinski definition) is 2. The smallest absolute Gasteiger partial charge is 0.227 e. The number of aliphatic hydroxyl groups excluding tert-OH is 1. The van der Waals surface area contributed by atoms with E-state index in [0.717, 1.165) is 35.1 Å². The number of aromatic nitrogens is 2. The Labute approximate surface area is 204 Å². The molecule has 2 N–H and O–H groups in total. The summed E-state index contributed by atoms with van der Waals surface area (Å²) in [5.74, 6) is 0.316. The Morgan fingerprint density at radius 2 is 2.09 bits per heavy atom. The van der Waals surface area contributed by atoms with Crippen molar-refractivity contribution in [3.63, 3.8) is 0 Å². The van der Waals surface area contributed by atoms with Gasteiger partial charge < -0.3 is 15.3 Å². The van der Waals surface area contributed by atoms with Gasteiger partial charge in [-0.05, 0) is 59.9 Å². The third-order valence-electron chi connectivity index (χ3n) is 6.41. The summed E-state index contributed by atoms with van der Waals surface area (Å²) >= 11 is 6.21. The van der Waals surface area contributed by atoms with E-state index >= 15 is 0 Å². The van der Waals surface area contributed by atoms with E-state index < -0.39 is 0 Å². The zero-order valence-corrected chi connectivity index (χ0v) is 20.1.